The number of ether oxygens (including phenoxy) is 1. The molecule has 0 aliphatic rings. The zero-order valence-electron chi connectivity index (χ0n) is 9.23. The number of hydrogen-bond donors (Lipinski definition) is 0. The first kappa shape index (κ1) is 11.6. The second-order valence-corrected chi connectivity index (χ2v) is 3.81. The summed E-state index contributed by atoms with van der Waals surface area (Å²) in [5, 5.41) is 0.481. The quantitative estimate of drug-likeness (QED) is 0.568. The van der Waals surface area contributed by atoms with Crippen LogP contribution < -0.4 is 5.56 Å². The van der Waals surface area contributed by atoms with Gasteiger partial charge in [-0.3, -0.25) is 9.36 Å². The Hall–Kier alpha value is -1.88. The Morgan fingerprint density at radius 1 is 1.47 bits per heavy atom. The van der Waals surface area contributed by atoms with Gasteiger partial charge in [0.2, 0.25) is 5.28 Å². The lowest BCUT2D eigenvalue weighted by Gasteiger charge is -2.04. The molecule has 1 aromatic carbocycles. The van der Waals surface area contributed by atoms with E-state index in [2.05, 4.69) is 9.72 Å². The van der Waals surface area contributed by atoms with Crippen molar-refractivity contribution in [2.24, 2.45) is 7.05 Å². The van der Waals surface area contributed by atoms with Gasteiger partial charge in [0.15, 0.2) is 0 Å². The molecule has 2 aromatic rings. The molecule has 1 aromatic heterocycles. The van der Waals surface area contributed by atoms with E-state index in [0.717, 1.165) is 0 Å². The van der Waals surface area contributed by atoms with Gasteiger partial charge in [-0.15, -0.1) is 0 Å². The predicted molar refractivity (Wildman–Crippen MR) is 63.3 cm³/mol. The summed E-state index contributed by atoms with van der Waals surface area (Å²) in [5.74, 6) is -0.481. The molecule has 17 heavy (non-hydrogen) atoms. The van der Waals surface area contributed by atoms with Crippen molar-refractivity contribution in [2.75, 3.05) is 7.11 Å². The van der Waals surface area contributed by atoms with E-state index < -0.39 is 5.97 Å². The van der Waals surface area contributed by atoms with E-state index in [0.29, 0.717) is 16.5 Å². The molecular formula is C11H9ClN2O3. The molecule has 0 amide bonds. The average molecular weight is 253 g/mol. The molecular weight excluding hydrogens is 244 g/mol. The summed E-state index contributed by atoms with van der Waals surface area (Å²) in [5.41, 5.74) is 0.453. The summed E-state index contributed by atoms with van der Waals surface area (Å²) >= 11 is 5.79. The lowest BCUT2D eigenvalue weighted by molar-refractivity contribution is 0.0601. The number of methoxy groups -OCH3 is 1. The van der Waals surface area contributed by atoms with Gasteiger partial charge in [0.25, 0.3) is 5.56 Å². The Balaban J connectivity index is 2.76. The van der Waals surface area contributed by atoms with Gasteiger partial charge in [-0.1, -0.05) is 0 Å². The van der Waals surface area contributed by atoms with Crippen LogP contribution in [0.4, 0.5) is 0 Å². The SMILES string of the molecule is COC(=O)c1ccc2c(=O)n(C)c(Cl)nc2c1. The lowest BCUT2D eigenvalue weighted by Crippen LogP contribution is -2.19. The Bertz CT molecular complexity index is 664. The summed E-state index contributed by atoms with van der Waals surface area (Å²) in [6, 6.07) is 4.53. The minimum Gasteiger partial charge on any atom is -0.465 e. The first-order valence-electron chi connectivity index (χ1n) is 4.79. The number of benzene rings is 1. The molecule has 5 nitrogen and oxygen atoms in total. The molecule has 0 saturated carbocycles. The zero-order valence-corrected chi connectivity index (χ0v) is 9.99. The van der Waals surface area contributed by atoms with Crippen LogP contribution in [-0.2, 0) is 11.8 Å². The van der Waals surface area contributed by atoms with E-state index >= 15 is 0 Å². The third-order valence-corrected chi connectivity index (χ3v) is 2.78. The maximum absolute atomic E-state index is 11.8. The van der Waals surface area contributed by atoms with Crippen molar-refractivity contribution < 1.29 is 9.53 Å². The predicted octanol–water partition coefficient (Wildman–Crippen LogP) is 1.37. The number of nitrogens with zero attached hydrogens (tertiary/aromatic N) is 2. The smallest absolute Gasteiger partial charge is 0.337 e. The molecule has 6 heteroatoms. The van der Waals surface area contributed by atoms with Crippen LogP contribution in [0.1, 0.15) is 10.4 Å². The molecule has 0 aliphatic heterocycles. The molecule has 0 bridgehead atoms. The fourth-order valence-corrected chi connectivity index (χ4v) is 1.66. The van der Waals surface area contributed by atoms with E-state index in [1.54, 1.807) is 0 Å². The number of rotatable bonds is 1. The number of hydrogen-bond acceptors (Lipinski definition) is 4. The number of carbonyl (C=O) groups excluding carboxylic acids is 1. The van der Waals surface area contributed by atoms with Gasteiger partial charge in [-0.25, -0.2) is 9.78 Å². The average Bonchev–Trinajstić information content (AvgIpc) is 2.34. The van der Waals surface area contributed by atoms with Crippen LogP contribution in [0.2, 0.25) is 5.28 Å². The van der Waals surface area contributed by atoms with Gasteiger partial charge in [0, 0.05) is 7.05 Å². The van der Waals surface area contributed by atoms with Crippen molar-refractivity contribution >= 4 is 28.5 Å². The number of aromatic nitrogens is 2. The van der Waals surface area contributed by atoms with Crippen LogP contribution in [0.25, 0.3) is 10.9 Å². The highest BCUT2D eigenvalue weighted by atomic mass is 35.5. The molecule has 88 valence electrons. The van der Waals surface area contributed by atoms with Crippen LogP contribution in [0.5, 0.6) is 0 Å². The summed E-state index contributed by atoms with van der Waals surface area (Å²) in [7, 11) is 2.82. The number of carbonyl (C=O) groups is 1. The largest absolute Gasteiger partial charge is 0.465 e. The van der Waals surface area contributed by atoms with Crippen LogP contribution in [0.15, 0.2) is 23.0 Å². The molecule has 1 heterocycles. The summed E-state index contributed by atoms with van der Waals surface area (Å²) in [6.07, 6.45) is 0. The molecule has 2 rings (SSSR count). The van der Waals surface area contributed by atoms with Gasteiger partial charge in [0.1, 0.15) is 0 Å². The number of esters is 1. The first-order valence-corrected chi connectivity index (χ1v) is 5.17. The molecule has 0 atom stereocenters. The highest BCUT2D eigenvalue weighted by Crippen LogP contribution is 2.13. The number of halogens is 1. The van der Waals surface area contributed by atoms with Crippen LogP contribution in [0.3, 0.4) is 0 Å². The minimum atomic E-state index is -0.481. The Labute approximate surface area is 102 Å². The van der Waals surface area contributed by atoms with Crippen molar-refractivity contribution in [3.8, 4) is 0 Å². The van der Waals surface area contributed by atoms with Crippen LogP contribution >= 0.6 is 11.6 Å². The normalized spacial score (nSPS) is 10.5. The molecule has 0 aliphatic carbocycles. The van der Waals surface area contributed by atoms with Gasteiger partial charge in [0.05, 0.1) is 23.6 Å². The lowest BCUT2D eigenvalue weighted by atomic mass is 10.1. The monoisotopic (exact) mass is 252 g/mol. The van der Waals surface area contributed by atoms with Crippen LogP contribution in [-0.4, -0.2) is 22.6 Å². The van der Waals surface area contributed by atoms with Crippen molar-refractivity contribution in [3.63, 3.8) is 0 Å². The molecule has 0 spiro atoms. The summed E-state index contributed by atoms with van der Waals surface area (Å²) < 4.78 is 5.82. The second-order valence-electron chi connectivity index (χ2n) is 3.47. The van der Waals surface area contributed by atoms with E-state index in [4.69, 9.17) is 11.6 Å². The zero-order chi connectivity index (χ0) is 12.6. The minimum absolute atomic E-state index is 0.0736. The fourth-order valence-electron chi connectivity index (χ4n) is 1.49. The van der Waals surface area contributed by atoms with E-state index in [1.807, 2.05) is 0 Å². The highest BCUT2D eigenvalue weighted by Gasteiger charge is 2.10. The molecule has 0 fully saturated rings. The van der Waals surface area contributed by atoms with Crippen molar-refractivity contribution in [1.29, 1.82) is 0 Å². The summed E-state index contributed by atoms with van der Waals surface area (Å²) in [6.45, 7) is 0. The fraction of sp³-hybridized carbons (Fsp3) is 0.182. The van der Waals surface area contributed by atoms with Crippen LogP contribution in [0, 0.1) is 0 Å². The Morgan fingerprint density at radius 2 is 2.18 bits per heavy atom. The van der Waals surface area contributed by atoms with Gasteiger partial charge >= 0.3 is 5.97 Å². The molecule has 0 N–H and O–H groups in total. The second kappa shape index (κ2) is 4.18. The molecule has 0 saturated heterocycles. The standard InChI is InChI=1S/C11H9ClN2O3/c1-14-9(15)7-4-3-6(10(16)17-2)5-8(7)13-11(14)12/h3-5H,1-2H3. The number of fused-ring (bicyclic) bond motifs is 1. The Morgan fingerprint density at radius 3 is 2.82 bits per heavy atom. The third kappa shape index (κ3) is 1.89. The van der Waals surface area contributed by atoms with E-state index in [-0.39, 0.29) is 10.8 Å². The Kier molecular flexibility index (Phi) is 2.85. The topological polar surface area (TPSA) is 61.2 Å². The third-order valence-electron chi connectivity index (χ3n) is 2.44. The van der Waals surface area contributed by atoms with Gasteiger partial charge < -0.3 is 4.74 Å². The highest BCUT2D eigenvalue weighted by molar-refractivity contribution is 6.28. The maximum atomic E-state index is 11.8. The van der Waals surface area contributed by atoms with Gasteiger partial charge in [-0.2, -0.15) is 0 Å². The first-order chi connectivity index (χ1) is 8.04. The maximum Gasteiger partial charge on any atom is 0.337 e. The van der Waals surface area contributed by atoms with Crippen molar-refractivity contribution in [2.45, 2.75) is 0 Å². The van der Waals surface area contributed by atoms with Crippen molar-refractivity contribution in [1.82, 2.24) is 9.55 Å². The van der Waals surface area contributed by atoms with Gasteiger partial charge in [-0.05, 0) is 29.8 Å². The van der Waals surface area contributed by atoms with E-state index in [9.17, 15) is 9.59 Å². The molecule has 0 radical (unpaired) electrons. The van der Waals surface area contributed by atoms with Crippen molar-refractivity contribution in [3.05, 3.63) is 39.4 Å². The summed E-state index contributed by atoms with van der Waals surface area (Å²) in [4.78, 5) is 27.2. The van der Waals surface area contributed by atoms with E-state index in [1.165, 1.54) is 36.9 Å². The molecule has 0 unspecified atom stereocenters.